The zero-order chi connectivity index (χ0) is 12.3. The van der Waals surface area contributed by atoms with Gasteiger partial charge in [0.25, 0.3) is 0 Å². The van der Waals surface area contributed by atoms with Crippen molar-refractivity contribution in [3.63, 3.8) is 0 Å². The highest BCUT2D eigenvalue weighted by Gasteiger charge is 2.48. The fourth-order valence-electron chi connectivity index (χ4n) is 1.38. The smallest absolute Gasteiger partial charge is 0.355 e. The van der Waals surface area contributed by atoms with Gasteiger partial charge in [0.05, 0.1) is 6.54 Å². The molecule has 0 aromatic carbocycles. The summed E-state index contributed by atoms with van der Waals surface area (Å²) in [5, 5.41) is 1.59. The van der Waals surface area contributed by atoms with Crippen LogP contribution in [-0.4, -0.2) is 40.6 Å². The molecule has 1 heterocycles. The number of Topliss-reactive ketones (excluding diaryl/α,β-unsaturated/α-hetero) is 1. The molecule has 0 aromatic heterocycles. The number of amides is 2. The molecular weight excluding hydrogens is 220 g/mol. The maximum Gasteiger partial charge on any atom is 0.448 e. The summed E-state index contributed by atoms with van der Waals surface area (Å²) in [5.41, 5.74) is 0. The Hall–Kier alpha value is -1.87. The van der Waals surface area contributed by atoms with E-state index >= 15 is 0 Å². The van der Waals surface area contributed by atoms with Gasteiger partial charge in [0.2, 0.25) is 0 Å². The molecule has 1 aliphatic rings. The third-order valence-corrected chi connectivity index (χ3v) is 2.22. The van der Waals surface area contributed by atoms with Crippen LogP contribution in [0.3, 0.4) is 0 Å². The van der Waals surface area contributed by atoms with E-state index in [0.29, 0.717) is 0 Å². The lowest BCUT2D eigenvalue weighted by Crippen LogP contribution is -2.71. The lowest BCUT2D eigenvalue weighted by atomic mass is 10.1. The summed E-state index contributed by atoms with van der Waals surface area (Å²) in [7, 11) is 0. The van der Waals surface area contributed by atoms with Gasteiger partial charge in [-0.3, -0.25) is 4.79 Å². The van der Waals surface area contributed by atoms with Crippen molar-refractivity contribution in [2.45, 2.75) is 19.4 Å². The van der Waals surface area contributed by atoms with Gasteiger partial charge in [-0.05, 0) is 0 Å². The molecule has 0 aliphatic carbocycles. The fourth-order valence-corrected chi connectivity index (χ4v) is 1.38. The molecule has 9 nitrogen and oxygen atoms in total. The van der Waals surface area contributed by atoms with Gasteiger partial charge >= 0.3 is 12.2 Å². The Morgan fingerprint density at radius 1 is 1.25 bits per heavy atom. The number of rotatable bonds is 2. The van der Waals surface area contributed by atoms with E-state index in [1.54, 1.807) is 6.92 Å². The van der Waals surface area contributed by atoms with E-state index < -0.39 is 18.2 Å². The SMILES string of the molecule is CCC(=O)C1CN(C(=O)ON)N1C(=O)ON. The van der Waals surface area contributed by atoms with Gasteiger partial charge in [0, 0.05) is 6.42 Å². The Morgan fingerprint density at radius 2 is 1.81 bits per heavy atom. The van der Waals surface area contributed by atoms with Crippen molar-refractivity contribution in [2.75, 3.05) is 6.54 Å². The lowest BCUT2D eigenvalue weighted by Gasteiger charge is -2.46. The second kappa shape index (κ2) is 4.77. The average Bonchev–Trinajstić information content (AvgIpc) is 2.26. The third kappa shape index (κ3) is 1.90. The molecule has 2 amide bonds. The number of nitrogens with zero attached hydrogens (tertiary/aromatic N) is 2. The molecular formula is C7H12N4O5. The van der Waals surface area contributed by atoms with Crippen LogP contribution in [-0.2, 0) is 14.5 Å². The summed E-state index contributed by atoms with van der Waals surface area (Å²) in [6, 6.07) is -0.764. The van der Waals surface area contributed by atoms with Crippen molar-refractivity contribution in [1.29, 1.82) is 0 Å². The van der Waals surface area contributed by atoms with Crippen LogP contribution >= 0.6 is 0 Å². The lowest BCUT2D eigenvalue weighted by molar-refractivity contribution is -0.152. The molecule has 16 heavy (non-hydrogen) atoms. The molecule has 90 valence electrons. The highest BCUT2D eigenvalue weighted by Crippen LogP contribution is 2.21. The van der Waals surface area contributed by atoms with E-state index in [1.807, 2.05) is 0 Å². The predicted octanol–water partition coefficient (Wildman–Crippen LogP) is -1.11. The van der Waals surface area contributed by atoms with Crippen LogP contribution in [0.5, 0.6) is 0 Å². The number of carbonyl (C=O) groups is 3. The molecule has 4 N–H and O–H groups in total. The Balaban J connectivity index is 2.77. The molecule has 1 unspecified atom stereocenters. The minimum Gasteiger partial charge on any atom is -0.355 e. The summed E-state index contributed by atoms with van der Waals surface area (Å²) < 4.78 is 0. The molecule has 1 saturated heterocycles. The largest absolute Gasteiger partial charge is 0.448 e. The summed E-state index contributed by atoms with van der Waals surface area (Å²) in [6.45, 7) is 1.65. The molecule has 0 saturated carbocycles. The molecule has 0 bridgehead atoms. The normalized spacial score (nSPS) is 18.8. The van der Waals surface area contributed by atoms with E-state index in [2.05, 4.69) is 21.5 Å². The van der Waals surface area contributed by atoms with Crippen LogP contribution in [0.2, 0.25) is 0 Å². The van der Waals surface area contributed by atoms with Crippen LogP contribution in [0.1, 0.15) is 13.3 Å². The minimum atomic E-state index is -1.02. The number of nitrogens with two attached hydrogens (primary N) is 2. The Kier molecular flexibility index (Phi) is 3.64. The molecule has 1 fully saturated rings. The number of hydrazine groups is 1. The van der Waals surface area contributed by atoms with Gasteiger partial charge < -0.3 is 9.68 Å². The Bertz CT molecular complexity index is 298. The predicted molar refractivity (Wildman–Crippen MR) is 49.0 cm³/mol. The number of ketones is 1. The molecule has 0 spiro atoms. The zero-order valence-electron chi connectivity index (χ0n) is 8.58. The fraction of sp³-hybridized carbons (Fsp3) is 0.571. The minimum absolute atomic E-state index is 0.0117. The van der Waals surface area contributed by atoms with Crippen LogP contribution in [0.4, 0.5) is 9.59 Å². The van der Waals surface area contributed by atoms with E-state index in [-0.39, 0.29) is 18.7 Å². The highest BCUT2D eigenvalue weighted by atomic mass is 16.7. The third-order valence-electron chi connectivity index (χ3n) is 2.22. The van der Waals surface area contributed by atoms with Gasteiger partial charge in [0.1, 0.15) is 6.04 Å². The monoisotopic (exact) mass is 232 g/mol. The van der Waals surface area contributed by atoms with Crippen LogP contribution in [0.15, 0.2) is 0 Å². The van der Waals surface area contributed by atoms with Crippen molar-refractivity contribution in [1.82, 2.24) is 10.0 Å². The van der Waals surface area contributed by atoms with Crippen molar-refractivity contribution in [3.05, 3.63) is 0 Å². The number of hydrogen-bond donors (Lipinski definition) is 2. The van der Waals surface area contributed by atoms with Crippen molar-refractivity contribution in [2.24, 2.45) is 11.8 Å². The molecule has 1 rings (SSSR count). The maximum atomic E-state index is 11.4. The Labute approximate surface area is 90.7 Å². The Morgan fingerprint density at radius 3 is 2.25 bits per heavy atom. The first kappa shape index (κ1) is 12.2. The molecule has 1 atom stereocenters. The van der Waals surface area contributed by atoms with E-state index in [9.17, 15) is 14.4 Å². The first-order valence-electron chi connectivity index (χ1n) is 4.47. The van der Waals surface area contributed by atoms with E-state index in [0.717, 1.165) is 10.0 Å². The zero-order valence-corrected chi connectivity index (χ0v) is 8.58. The van der Waals surface area contributed by atoms with Crippen LogP contribution < -0.4 is 11.8 Å². The molecule has 0 radical (unpaired) electrons. The van der Waals surface area contributed by atoms with Crippen LogP contribution in [0.25, 0.3) is 0 Å². The first-order chi connectivity index (χ1) is 7.56. The molecule has 1 aliphatic heterocycles. The second-order valence-corrected chi connectivity index (χ2v) is 3.03. The van der Waals surface area contributed by atoms with Gasteiger partial charge in [0.15, 0.2) is 5.78 Å². The number of hydrogen-bond acceptors (Lipinski definition) is 7. The second-order valence-electron chi connectivity index (χ2n) is 3.03. The van der Waals surface area contributed by atoms with Gasteiger partial charge in [-0.15, -0.1) is 0 Å². The van der Waals surface area contributed by atoms with Gasteiger partial charge in [-0.2, -0.15) is 16.8 Å². The van der Waals surface area contributed by atoms with E-state index in [1.165, 1.54) is 0 Å². The average molecular weight is 232 g/mol. The summed E-state index contributed by atoms with van der Waals surface area (Å²) in [4.78, 5) is 41.5. The van der Waals surface area contributed by atoms with Gasteiger partial charge in [-0.1, -0.05) is 6.92 Å². The number of carbonyl (C=O) groups excluding carboxylic acids is 3. The van der Waals surface area contributed by atoms with E-state index in [4.69, 9.17) is 0 Å². The van der Waals surface area contributed by atoms with Gasteiger partial charge in [-0.25, -0.2) is 14.6 Å². The van der Waals surface area contributed by atoms with Crippen molar-refractivity contribution >= 4 is 18.0 Å². The summed E-state index contributed by atoms with van der Waals surface area (Å²) in [6.07, 6.45) is -1.76. The quantitative estimate of drug-likeness (QED) is 0.577. The summed E-state index contributed by atoms with van der Waals surface area (Å²) >= 11 is 0. The molecule has 0 aromatic rings. The highest BCUT2D eigenvalue weighted by molar-refractivity contribution is 5.90. The van der Waals surface area contributed by atoms with Crippen LogP contribution in [0, 0.1) is 0 Å². The first-order valence-corrected chi connectivity index (χ1v) is 4.47. The standard InChI is InChI=1S/C7H12N4O5/c1-2-5(12)4-3-10(6(13)15-8)11(4)7(14)16-9/h4H,2-3,8-9H2,1H3. The molecule has 9 heteroatoms. The van der Waals surface area contributed by atoms with Crippen molar-refractivity contribution in [3.8, 4) is 0 Å². The topological polar surface area (TPSA) is 128 Å². The maximum absolute atomic E-state index is 11.4. The van der Waals surface area contributed by atoms with Crippen molar-refractivity contribution < 1.29 is 24.1 Å². The summed E-state index contributed by atoms with van der Waals surface area (Å²) in [5.74, 6) is 9.12.